The summed E-state index contributed by atoms with van der Waals surface area (Å²) in [5.74, 6) is 0.187. The number of carbonyl (C=O) groups excluding carboxylic acids is 1. The van der Waals surface area contributed by atoms with Crippen molar-refractivity contribution in [2.24, 2.45) is 0 Å². The molecule has 0 spiro atoms. The van der Waals surface area contributed by atoms with Gasteiger partial charge < -0.3 is 10.6 Å². The van der Waals surface area contributed by atoms with E-state index >= 15 is 0 Å². The number of fused-ring (bicyclic) bond motifs is 1. The lowest BCUT2D eigenvalue weighted by Crippen LogP contribution is -2.42. The van der Waals surface area contributed by atoms with E-state index in [0.29, 0.717) is 0 Å². The van der Waals surface area contributed by atoms with Crippen molar-refractivity contribution in [3.8, 4) is 0 Å². The molecule has 1 aliphatic heterocycles. The minimum Gasteiger partial charge on any atom is -0.348 e. The molecule has 1 unspecified atom stereocenters. The Morgan fingerprint density at radius 1 is 1.39 bits per heavy atom. The van der Waals surface area contributed by atoms with Gasteiger partial charge in [-0.05, 0) is 55.7 Å². The van der Waals surface area contributed by atoms with E-state index in [1.165, 1.54) is 23.3 Å². The summed E-state index contributed by atoms with van der Waals surface area (Å²) in [6, 6.07) is 2.46. The predicted octanol–water partition coefficient (Wildman–Crippen LogP) is 2.42. The van der Waals surface area contributed by atoms with Gasteiger partial charge in [0.15, 0.2) is 0 Å². The number of nitrogens with one attached hydrogen (secondary N) is 2. The molecular weight excluding hydrogens is 268 g/mol. The average Bonchev–Trinajstić information content (AvgIpc) is 3.00. The van der Waals surface area contributed by atoms with Crippen LogP contribution in [0.3, 0.4) is 0 Å². The standard InChI is InChI=1S/C13H18N2OS.ClH/c16-13(11-4-2-7-14-11)15-10-3-1-5-12-9(10)6-8-17-12;/h6,8,10-11,14H,1-5,7H2,(H,15,16);1H/t10?,11-;/m0./s1. The van der Waals surface area contributed by atoms with Crippen molar-refractivity contribution in [1.82, 2.24) is 10.6 Å². The van der Waals surface area contributed by atoms with Crippen molar-refractivity contribution < 1.29 is 4.79 Å². The van der Waals surface area contributed by atoms with Gasteiger partial charge in [0.1, 0.15) is 0 Å². The van der Waals surface area contributed by atoms with Crippen LogP contribution in [0.1, 0.15) is 42.2 Å². The topological polar surface area (TPSA) is 41.1 Å². The molecule has 0 radical (unpaired) electrons. The first-order chi connectivity index (χ1) is 8.34. The Morgan fingerprint density at radius 2 is 2.28 bits per heavy atom. The van der Waals surface area contributed by atoms with Crippen molar-refractivity contribution in [3.63, 3.8) is 0 Å². The highest BCUT2D eigenvalue weighted by atomic mass is 35.5. The van der Waals surface area contributed by atoms with Gasteiger partial charge in [0.25, 0.3) is 0 Å². The van der Waals surface area contributed by atoms with Crippen LogP contribution in [0.25, 0.3) is 0 Å². The van der Waals surface area contributed by atoms with Crippen molar-refractivity contribution in [1.29, 1.82) is 0 Å². The molecule has 0 aromatic carbocycles. The van der Waals surface area contributed by atoms with Crippen molar-refractivity contribution >= 4 is 29.7 Å². The Bertz CT molecular complexity index is 415. The molecule has 2 heterocycles. The lowest BCUT2D eigenvalue weighted by molar-refractivity contribution is -0.123. The molecule has 2 aliphatic rings. The highest BCUT2D eigenvalue weighted by molar-refractivity contribution is 7.10. The Labute approximate surface area is 118 Å². The third-order valence-corrected chi connectivity index (χ3v) is 4.74. The maximum atomic E-state index is 12.1. The summed E-state index contributed by atoms with van der Waals surface area (Å²) in [6.07, 6.45) is 5.56. The number of hydrogen-bond acceptors (Lipinski definition) is 3. The fourth-order valence-corrected chi connectivity index (χ4v) is 3.80. The number of rotatable bonds is 2. The van der Waals surface area contributed by atoms with Crippen LogP contribution in [-0.2, 0) is 11.2 Å². The third kappa shape index (κ3) is 2.71. The second-order valence-corrected chi connectivity index (χ2v) is 5.90. The zero-order valence-electron chi connectivity index (χ0n) is 10.3. The number of carbonyl (C=O) groups is 1. The summed E-state index contributed by atoms with van der Waals surface area (Å²) < 4.78 is 0. The summed E-state index contributed by atoms with van der Waals surface area (Å²) >= 11 is 1.82. The first-order valence-electron chi connectivity index (χ1n) is 6.44. The molecular formula is C13H19ClN2OS. The number of halogens is 1. The molecule has 1 aromatic heterocycles. The lowest BCUT2D eigenvalue weighted by Gasteiger charge is -2.25. The van der Waals surface area contributed by atoms with Gasteiger partial charge in [-0.2, -0.15) is 0 Å². The van der Waals surface area contributed by atoms with E-state index in [0.717, 1.165) is 25.8 Å². The second-order valence-electron chi connectivity index (χ2n) is 4.90. The number of amides is 1. The first-order valence-corrected chi connectivity index (χ1v) is 7.32. The molecule has 18 heavy (non-hydrogen) atoms. The van der Waals surface area contributed by atoms with Crippen LogP contribution in [0, 0.1) is 0 Å². The summed E-state index contributed by atoms with van der Waals surface area (Å²) in [4.78, 5) is 13.5. The molecule has 2 N–H and O–H groups in total. The fourth-order valence-electron chi connectivity index (χ4n) is 2.82. The van der Waals surface area contributed by atoms with Crippen LogP contribution >= 0.6 is 23.7 Å². The predicted molar refractivity (Wildman–Crippen MR) is 76.4 cm³/mol. The fraction of sp³-hybridized carbons (Fsp3) is 0.615. The molecule has 1 aromatic rings. The molecule has 1 amide bonds. The number of aryl methyl sites for hydroxylation is 1. The van der Waals surface area contributed by atoms with Gasteiger partial charge in [0.05, 0.1) is 12.1 Å². The molecule has 0 saturated carbocycles. The monoisotopic (exact) mass is 286 g/mol. The zero-order chi connectivity index (χ0) is 11.7. The van der Waals surface area contributed by atoms with Gasteiger partial charge >= 0.3 is 0 Å². The molecule has 5 heteroatoms. The Kier molecular flexibility index (Phi) is 4.65. The van der Waals surface area contributed by atoms with Crippen LogP contribution in [0.15, 0.2) is 11.4 Å². The second kappa shape index (κ2) is 6.04. The van der Waals surface area contributed by atoms with Crippen LogP contribution < -0.4 is 10.6 Å². The van der Waals surface area contributed by atoms with E-state index in [1.54, 1.807) is 0 Å². The first kappa shape index (κ1) is 13.8. The summed E-state index contributed by atoms with van der Waals surface area (Å²) in [7, 11) is 0. The van der Waals surface area contributed by atoms with Crippen LogP contribution in [0.4, 0.5) is 0 Å². The van der Waals surface area contributed by atoms with E-state index < -0.39 is 0 Å². The maximum absolute atomic E-state index is 12.1. The Balaban J connectivity index is 0.00000120. The molecule has 2 atom stereocenters. The van der Waals surface area contributed by atoms with Crippen molar-refractivity contribution in [2.45, 2.75) is 44.2 Å². The molecule has 0 bridgehead atoms. The Hall–Kier alpha value is -0.580. The molecule has 100 valence electrons. The van der Waals surface area contributed by atoms with Crippen molar-refractivity contribution in [3.05, 3.63) is 21.9 Å². The minimum atomic E-state index is 0. The highest BCUT2D eigenvalue weighted by Gasteiger charge is 2.27. The summed E-state index contributed by atoms with van der Waals surface area (Å²) in [6.45, 7) is 0.979. The zero-order valence-corrected chi connectivity index (χ0v) is 11.9. The van der Waals surface area contributed by atoms with Crippen LogP contribution in [0.2, 0.25) is 0 Å². The van der Waals surface area contributed by atoms with E-state index in [1.807, 2.05) is 11.3 Å². The van der Waals surface area contributed by atoms with Gasteiger partial charge in [-0.15, -0.1) is 23.7 Å². The normalized spacial score (nSPS) is 26.2. The number of thiophene rings is 1. The molecule has 1 aliphatic carbocycles. The summed E-state index contributed by atoms with van der Waals surface area (Å²) in [5.41, 5.74) is 1.35. The van der Waals surface area contributed by atoms with Gasteiger partial charge in [-0.3, -0.25) is 4.79 Å². The maximum Gasteiger partial charge on any atom is 0.237 e. The number of hydrogen-bond donors (Lipinski definition) is 2. The van der Waals surface area contributed by atoms with Gasteiger partial charge in [0.2, 0.25) is 5.91 Å². The quantitative estimate of drug-likeness (QED) is 0.877. The Morgan fingerprint density at radius 3 is 3.06 bits per heavy atom. The van der Waals surface area contributed by atoms with Gasteiger partial charge in [0, 0.05) is 4.88 Å². The van der Waals surface area contributed by atoms with E-state index in [2.05, 4.69) is 22.1 Å². The minimum absolute atomic E-state index is 0. The average molecular weight is 287 g/mol. The lowest BCUT2D eigenvalue weighted by atomic mass is 9.94. The van der Waals surface area contributed by atoms with Gasteiger partial charge in [-0.1, -0.05) is 0 Å². The smallest absolute Gasteiger partial charge is 0.237 e. The molecule has 1 saturated heterocycles. The molecule has 3 nitrogen and oxygen atoms in total. The third-order valence-electron chi connectivity index (χ3n) is 3.75. The van der Waals surface area contributed by atoms with Crippen LogP contribution in [-0.4, -0.2) is 18.5 Å². The molecule has 1 fully saturated rings. The van der Waals surface area contributed by atoms with Crippen molar-refractivity contribution in [2.75, 3.05) is 6.54 Å². The van der Waals surface area contributed by atoms with Crippen LogP contribution in [0.5, 0.6) is 0 Å². The van der Waals surface area contributed by atoms with E-state index in [4.69, 9.17) is 0 Å². The summed E-state index contributed by atoms with van der Waals surface area (Å²) in [5, 5.41) is 8.60. The van der Waals surface area contributed by atoms with E-state index in [-0.39, 0.29) is 30.4 Å². The van der Waals surface area contributed by atoms with E-state index in [9.17, 15) is 4.79 Å². The molecule has 3 rings (SSSR count). The largest absolute Gasteiger partial charge is 0.348 e. The SMILES string of the molecule is Cl.O=C(NC1CCCc2sccc21)[C@@H]1CCCN1. The highest BCUT2D eigenvalue weighted by Crippen LogP contribution is 2.33. The van der Waals surface area contributed by atoms with Gasteiger partial charge in [-0.25, -0.2) is 0 Å².